The SMILES string of the molecule is CCn1c(=O)c2cnc(Nc3ccc4c(c3)CNCC4)nc2n1-c1nc(C(C)(C)C)c(Cl)s1. The largest absolute Gasteiger partial charge is 0.324 e. The summed E-state index contributed by atoms with van der Waals surface area (Å²) >= 11 is 7.88. The van der Waals surface area contributed by atoms with Crippen molar-refractivity contribution in [2.75, 3.05) is 11.9 Å². The van der Waals surface area contributed by atoms with Crippen LogP contribution in [0.2, 0.25) is 4.34 Å². The quantitative estimate of drug-likeness (QED) is 0.447. The molecule has 0 bridgehead atoms. The molecule has 0 unspecified atom stereocenters. The average molecular weight is 484 g/mol. The van der Waals surface area contributed by atoms with Gasteiger partial charge in [-0.05, 0) is 43.1 Å². The predicted molar refractivity (Wildman–Crippen MR) is 133 cm³/mol. The summed E-state index contributed by atoms with van der Waals surface area (Å²) in [6.07, 6.45) is 2.61. The van der Waals surface area contributed by atoms with Crippen LogP contribution in [0.25, 0.3) is 16.2 Å². The third-order valence-electron chi connectivity index (χ3n) is 5.79. The maximum atomic E-state index is 13.1. The van der Waals surface area contributed by atoms with Crippen molar-refractivity contribution in [3.8, 4) is 5.13 Å². The Morgan fingerprint density at radius 2 is 2.06 bits per heavy atom. The molecule has 0 atom stereocenters. The zero-order valence-electron chi connectivity index (χ0n) is 19.1. The lowest BCUT2D eigenvalue weighted by Gasteiger charge is -2.18. The maximum absolute atomic E-state index is 13.1. The molecule has 0 aliphatic carbocycles. The fourth-order valence-corrected chi connectivity index (χ4v) is 5.65. The van der Waals surface area contributed by atoms with Gasteiger partial charge in [0.25, 0.3) is 5.56 Å². The average Bonchev–Trinajstić information content (AvgIpc) is 3.30. The highest BCUT2D eigenvalue weighted by molar-refractivity contribution is 7.18. The van der Waals surface area contributed by atoms with E-state index in [1.807, 2.05) is 13.0 Å². The Hall–Kier alpha value is -2.75. The molecular formula is C23H26ClN7OS. The Morgan fingerprint density at radius 1 is 1.24 bits per heavy atom. The number of thiazole rings is 1. The smallest absolute Gasteiger partial charge is 0.278 e. The number of fused-ring (bicyclic) bond motifs is 2. The standard InChI is InChI=1S/C23H26ClN7OS/c1-5-30-20(32)16-12-26-21(27-15-7-6-13-8-9-25-11-14(13)10-15)29-19(16)31(30)22-28-17(18(24)33-22)23(2,3)4/h6-7,10,12,25H,5,8-9,11H2,1-4H3,(H,26,27,29). The molecule has 4 aromatic rings. The second-order valence-electron chi connectivity index (χ2n) is 9.17. The molecule has 8 nitrogen and oxygen atoms in total. The summed E-state index contributed by atoms with van der Waals surface area (Å²) in [5.41, 5.74) is 4.49. The number of nitrogens with zero attached hydrogens (tertiary/aromatic N) is 5. The minimum atomic E-state index is -0.213. The van der Waals surface area contributed by atoms with Gasteiger partial charge in [0.2, 0.25) is 11.1 Å². The molecule has 1 aromatic carbocycles. The van der Waals surface area contributed by atoms with Crippen molar-refractivity contribution < 1.29 is 0 Å². The second-order valence-corrected chi connectivity index (χ2v) is 10.7. The van der Waals surface area contributed by atoms with Crippen molar-refractivity contribution in [3.05, 3.63) is 55.9 Å². The van der Waals surface area contributed by atoms with E-state index >= 15 is 0 Å². The molecular weight excluding hydrogens is 458 g/mol. The van der Waals surface area contributed by atoms with Gasteiger partial charge in [-0.25, -0.2) is 19.3 Å². The van der Waals surface area contributed by atoms with Crippen LogP contribution in [0.3, 0.4) is 0 Å². The van der Waals surface area contributed by atoms with Crippen LogP contribution in [0.15, 0.2) is 29.2 Å². The van der Waals surface area contributed by atoms with Gasteiger partial charge < -0.3 is 10.6 Å². The van der Waals surface area contributed by atoms with Crippen LogP contribution in [0.1, 0.15) is 44.5 Å². The number of rotatable bonds is 4. The number of halogens is 1. The summed E-state index contributed by atoms with van der Waals surface area (Å²) in [5.74, 6) is 0.423. The van der Waals surface area contributed by atoms with Gasteiger partial charge >= 0.3 is 0 Å². The van der Waals surface area contributed by atoms with Crippen LogP contribution in [-0.4, -0.2) is 30.9 Å². The van der Waals surface area contributed by atoms with E-state index in [-0.39, 0.29) is 11.0 Å². The van der Waals surface area contributed by atoms with Gasteiger partial charge in [-0.1, -0.05) is 49.8 Å². The Bertz CT molecular complexity index is 1410. The van der Waals surface area contributed by atoms with Crippen LogP contribution < -0.4 is 16.2 Å². The lowest BCUT2D eigenvalue weighted by molar-refractivity contribution is 0.554. The lowest BCUT2D eigenvalue weighted by Crippen LogP contribution is -2.23. The van der Waals surface area contributed by atoms with E-state index in [2.05, 4.69) is 48.5 Å². The summed E-state index contributed by atoms with van der Waals surface area (Å²) < 4.78 is 3.99. The number of hydrogen-bond acceptors (Lipinski definition) is 7. The van der Waals surface area contributed by atoms with Crippen molar-refractivity contribution in [1.29, 1.82) is 0 Å². The van der Waals surface area contributed by atoms with Crippen molar-refractivity contribution in [2.45, 2.75) is 52.6 Å². The van der Waals surface area contributed by atoms with E-state index in [1.165, 1.54) is 22.5 Å². The molecule has 0 radical (unpaired) electrons. The van der Waals surface area contributed by atoms with Gasteiger partial charge in [-0.2, -0.15) is 4.98 Å². The molecule has 1 aliphatic heterocycles. The number of anilines is 2. The van der Waals surface area contributed by atoms with E-state index in [0.29, 0.717) is 33.0 Å². The molecule has 33 heavy (non-hydrogen) atoms. The second kappa shape index (κ2) is 8.23. The van der Waals surface area contributed by atoms with Crippen LogP contribution in [0.4, 0.5) is 11.6 Å². The molecule has 0 saturated carbocycles. The predicted octanol–water partition coefficient (Wildman–Crippen LogP) is 4.40. The number of hydrogen-bond donors (Lipinski definition) is 2. The van der Waals surface area contributed by atoms with Crippen molar-refractivity contribution in [3.63, 3.8) is 0 Å². The summed E-state index contributed by atoms with van der Waals surface area (Å²) in [4.78, 5) is 27.0. The Balaban J connectivity index is 1.60. The van der Waals surface area contributed by atoms with E-state index in [9.17, 15) is 4.79 Å². The number of benzene rings is 1. The first-order valence-corrected chi connectivity index (χ1v) is 12.2. The first-order chi connectivity index (χ1) is 15.8. The molecule has 0 saturated heterocycles. The summed E-state index contributed by atoms with van der Waals surface area (Å²) in [7, 11) is 0. The number of aromatic nitrogens is 5. The molecule has 5 rings (SSSR count). The van der Waals surface area contributed by atoms with Gasteiger partial charge in [0.15, 0.2) is 5.65 Å². The fourth-order valence-electron chi connectivity index (χ4n) is 4.10. The van der Waals surface area contributed by atoms with E-state index in [0.717, 1.165) is 30.9 Å². The maximum Gasteiger partial charge on any atom is 0.278 e. The van der Waals surface area contributed by atoms with E-state index < -0.39 is 0 Å². The molecule has 0 spiro atoms. The van der Waals surface area contributed by atoms with Crippen LogP contribution in [0, 0.1) is 0 Å². The third kappa shape index (κ3) is 3.94. The van der Waals surface area contributed by atoms with Gasteiger partial charge in [0, 0.05) is 30.4 Å². The van der Waals surface area contributed by atoms with Crippen LogP contribution in [-0.2, 0) is 24.9 Å². The summed E-state index contributed by atoms with van der Waals surface area (Å²) in [6, 6.07) is 6.31. The lowest BCUT2D eigenvalue weighted by atomic mass is 9.93. The highest BCUT2D eigenvalue weighted by atomic mass is 35.5. The highest BCUT2D eigenvalue weighted by Crippen LogP contribution is 2.35. The Labute approximate surface area is 200 Å². The molecule has 2 N–H and O–H groups in total. The topological polar surface area (TPSA) is 89.7 Å². The van der Waals surface area contributed by atoms with E-state index in [1.54, 1.807) is 15.6 Å². The Kier molecular flexibility index (Phi) is 5.50. The van der Waals surface area contributed by atoms with Gasteiger partial charge in [0.1, 0.15) is 9.72 Å². The minimum absolute atomic E-state index is 0.150. The van der Waals surface area contributed by atoms with Crippen LogP contribution >= 0.6 is 22.9 Å². The summed E-state index contributed by atoms with van der Waals surface area (Å²) in [6.45, 7) is 10.4. The van der Waals surface area contributed by atoms with Crippen LogP contribution in [0.5, 0.6) is 0 Å². The van der Waals surface area contributed by atoms with Crippen molar-refractivity contribution >= 4 is 45.6 Å². The first-order valence-electron chi connectivity index (χ1n) is 11.0. The van der Waals surface area contributed by atoms with Gasteiger partial charge in [-0.3, -0.25) is 4.79 Å². The van der Waals surface area contributed by atoms with Gasteiger partial charge in [0.05, 0.1) is 5.69 Å². The molecule has 10 heteroatoms. The third-order valence-corrected chi connectivity index (χ3v) is 7.02. The molecule has 0 fully saturated rings. The zero-order valence-corrected chi connectivity index (χ0v) is 20.6. The molecule has 4 heterocycles. The minimum Gasteiger partial charge on any atom is -0.324 e. The highest BCUT2D eigenvalue weighted by Gasteiger charge is 2.26. The van der Waals surface area contributed by atoms with Gasteiger partial charge in [-0.15, -0.1) is 0 Å². The van der Waals surface area contributed by atoms with E-state index in [4.69, 9.17) is 21.6 Å². The number of nitrogens with one attached hydrogen (secondary N) is 2. The normalized spacial score (nSPS) is 14.0. The Morgan fingerprint density at radius 3 is 2.79 bits per heavy atom. The molecule has 3 aromatic heterocycles. The molecule has 1 aliphatic rings. The molecule has 172 valence electrons. The van der Waals surface area contributed by atoms with Crippen molar-refractivity contribution in [1.82, 2.24) is 29.6 Å². The fraction of sp³-hybridized carbons (Fsp3) is 0.391. The molecule has 0 amide bonds. The van der Waals surface area contributed by atoms with Crippen molar-refractivity contribution in [2.24, 2.45) is 0 Å². The first kappa shape index (κ1) is 22.1. The zero-order chi connectivity index (χ0) is 23.3. The monoisotopic (exact) mass is 483 g/mol. The summed E-state index contributed by atoms with van der Waals surface area (Å²) in [5, 5.41) is 7.75.